The summed E-state index contributed by atoms with van der Waals surface area (Å²) in [5.74, 6) is 0.958. The molecule has 0 aromatic rings. The normalized spacial score (nSPS) is 36.5. The summed E-state index contributed by atoms with van der Waals surface area (Å²) in [5.41, 5.74) is 0. The minimum Gasteiger partial charge on any atom is -0.312 e. The molecule has 1 N–H and O–H groups in total. The molecule has 2 heteroatoms. The maximum Gasteiger partial charge on any atom is 0.0236 e. The largest absolute Gasteiger partial charge is 0.312 e. The van der Waals surface area contributed by atoms with E-state index in [0.29, 0.717) is 0 Å². The Morgan fingerprint density at radius 1 is 1.46 bits per heavy atom. The third-order valence-corrected chi connectivity index (χ3v) is 3.72. The van der Waals surface area contributed by atoms with Gasteiger partial charge in [0, 0.05) is 25.2 Å². The third-order valence-electron chi connectivity index (χ3n) is 3.72. The van der Waals surface area contributed by atoms with Gasteiger partial charge in [-0.25, -0.2) is 0 Å². The monoisotopic (exact) mass is 182 g/mol. The molecule has 2 nitrogen and oxygen atoms in total. The van der Waals surface area contributed by atoms with Crippen LogP contribution in [-0.2, 0) is 0 Å². The van der Waals surface area contributed by atoms with Crippen LogP contribution in [0.15, 0.2) is 0 Å². The molecule has 2 aliphatic heterocycles. The van der Waals surface area contributed by atoms with Gasteiger partial charge in [0.25, 0.3) is 0 Å². The minimum absolute atomic E-state index is 0.803. The number of hydrogen-bond donors (Lipinski definition) is 1. The van der Waals surface area contributed by atoms with E-state index in [1.165, 1.54) is 38.9 Å². The lowest BCUT2D eigenvalue weighted by Crippen LogP contribution is -2.35. The van der Waals surface area contributed by atoms with E-state index in [-0.39, 0.29) is 0 Å². The quantitative estimate of drug-likeness (QED) is 0.711. The van der Waals surface area contributed by atoms with Gasteiger partial charge in [0.05, 0.1) is 0 Å². The molecule has 2 fully saturated rings. The maximum atomic E-state index is 3.60. The van der Waals surface area contributed by atoms with Gasteiger partial charge in [0.2, 0.25) is 0 Å². The molecule has 0 aliphatic carbocycles. The number of likely N-dealkylation sites (tertiary alicyclic amines) is 1. The number of fused-ring (bicyclic) bond motifs is 1. The van der Waals surface area contributed by atoms with Crippen molar-refractivity contribution in [3.05, 3.63) is 0 Å². The van der Waals surface area contributed by atoms with Crippen molar-refractivity contribution in [2.45, 2.75) is 45.2 Å². The molecular weight excluding hydrogens is 160 g/mol. The number of hydrogen-bond acceptors (Lipinski definition) is 2. The SMILES string of the molecule is CCCC(C)N1C[C@@H]2CCN[C@@H]2C1. The van der Waals surface area contributed by atoms with Gasteiger partial charge in [0.15, 0.2) is 0 Å². The Hall–Kier alpha value is -0.0800. The van der Waals surface area contributed by atoms with Crippen molar-refractivity contribution in [2.75, 3.05) is 19.6 Å². The Bertz CT molecular complexity index is 157. The number of nitrogens with zero attached hydrogens (tertiary/aromatic N) is 1. The highest BCUT2D eigenvalue weighted by Crippen LogP contribution is 2.26. The standard InChI is InChI=1S/C11H22N2/c1-3-4-9(2)13-7-10-5-6-12-11(10)8-13/h9-12H,3-8H2,1-2H3/t9?,10-,11+/m0/s1. The number of rotatable bonds is 3. The van der Waals surface area contributed by atoms with Crippen LogP contribution in [-0.4, -0.2) is 36.6 Å². The first kappa shape index (κ1) is 9.47. The van der Waals surface area contributed by atoms with Crippen LogP contribution in [0.2, 0.25) is 0 Å². The Morgan fingerprint density at radius 3 is 3.00 bits per heavy atom. The topological polar surface area (TPSA) is 15.3 Å². The fourth-order valence-corrected chi connectivity index (χ4v) is 2.84. The Labute approximate surface area is 81.7 Å². The molecule has 0 aromatic heterocycles. The van der Waals surface area contributed by atoms with Crippen LogP contribution in [0.25, 0.3) is 0 Å². The smallest absolute Gasteiger partial charge is 0.0236 e. The Morgan fingerprint density at radius 2 is 2.31 bits per heavy atom. The lowest BCUT2D eigenvalue weighted by molar-refractivity contribution is 0.230. The lowest BCUT2D eigenvalue weighted by Gasteiger charge is -2.24. The first-order chi connectivity index (χ1) is 6.31. The zero-order valence-corrected chi connectivity index (χ0v) is 8.92. The fraction of sp³-hybridized carbons (Fsp3) is 1.00. The van der Waals surface area contributed by atoms with Crippen molar-refractivity contribution in [1.82, 2.24) is 10.2 Å². The molecule has 0 aromatic carbocycles. The second-order valence-corrected chi connectivity index (χ2v) is 4.70. The van der Waals surface area contributed by atoms with Gasteiger partial charge in [-0.15, -0.1) is 0 Å². The molecule has 13 heavy (non-hydrogen) atoms. The predicted octanol–water partition coefficient (Wildman–Crippen LogP) is 1.47. The van der Waals surface area contributed by atoms with Crippen LogP contribution in [0.1, 0.15) is 33.1 Å². The molecule has 0 radical (unpaired) electrons. The van der Waals surface area contributed by atoms with Crippen molar-refractivity contribution in [3.63, 3.8) is 0 Å². The first-order valence-corrected chi connectivity index (χ1v) is 5.78. The average Bonchev–Trinajstić information content (AvgIpc) is 2.61. The van der Waals surface area contributed by atoms with E-state index in [0.717, 1.165) is 18.0 Å². The summed E-state index contributed by atoms with van der Waals surface area (Å²) in [6.07, 6.45) is 4.08. The second kappa shape index (κ2) is 3.97. The van der Waals surface area contributed by atoms with E-state index in [9.17, 15) is 0 Å². The average molecular weight is 182 g/mol. The van der Waals surface area contributed by atoms with E-state index in [4.69, 9.17) is 0 Å². The van der Waals surface area contributed by atoms with Gasteiger partial charge < -0.3 is 5.32 Å². The Balaban J connectivity index is 1.84. The molecular formula is C11H22N2. The molecule has 2 heterocycles. The number of nitrogens with one attached hydrogen (secondary N) is 1. The lowest BCUT2D eigenvalue weighted by atomic mass is 10.1. The highest BCUT2D eigenvalue weighted by atomic mass is 15.2. The maximum absolute atomic E-state index is 3.60. The van der Waals surface area contributed by atoms with Crippen molar-refractivity contribution in [2.24, 2.45) is 5.92 Å². The minimum atomic E-state index is 0.803. The molecule has 1 unspecified atom stereocenters. The van der Waals surface area contributed by atoms with Crippen LogP contribution in [0.3, 0.4) is 0 Å². The van der Waals surface area contributed by atoms with Gasteiger partial charge in [-0.05, 0) is 32.2 Å². The summed E-state index contributed by atoms with van der Waals surface area (Å²) in [6.45, 7) is 8.56. The van der Waals surface area contributed by atoms with Gasteiger partial charge in [-0.1, -0.05) is 13.3 Å². The summed E-state index contributed by atoms with van der Waals surface area (Å²) in [4.78, 5) is 2.67. The van der Waals surface area contributed by atoms with Crippen LogP contribution >= 0.6 is 0 Å². The second-order valence-electron chi connectivity index (χ2n) is 4.70. The zero-order valence-electron chi connectivity index (χ0n) is 8.92. The predicted molar refractivity (Wildman–Crippen MR) is 55.8 cm³/mol. The molecule has 2 aliphatic rings. The zero-order chi connectivity index (χ0) is 9.26. The van der Waals surface area contributed by atoms with E-state index < -0.39 is 0 Å². The summed E-state index contributed by atoms with van der Waals surface area (Å²) < 4.78 is 0. The Kier molecular flexibility index (Phi) is 2.89. The third kappa shape index (κ3) is 1.89. The van der Waals surface area contributed by atoms with E-state index in [1.54, 1.807) is 0 Å². The molecule has 3 atom stereocenters. The van der Waals surface area contributed by atoms with Crippen molar-refractivity contribution >= 4 is 0 Å². The van der Waals surface area contributed by atoms with Gasteiger partial charge in [-0.3, -0.25) is 4.90 Å². The van der Waals surface area contributed by atoms with Crippen molar-refractivity contribution in [3.8, 4) is 0 Å². The highest BCUT2D eigenvalue weighted by molar-refractivity contribution is 4.95. The molecule has 0 spiro atoms. The van der Waals surface area contributed by atoms with Gasteiger partial charge in [0.1, 0.15) is 0 Å². The van der Waals surface area contributed by atoms with Crippen LogP contribution in [0, 0.1) is 5.92 Å². The molecule has 2 saturated heterocycles. The summed E-state index contributed by atoms with van der Waals surface area (Å²) in [6, 6.07) is 1.62. The molecule has 0 bridgehead atoms. The fourth-order valence-electron chi connectivity index (χ4n) is 2.84. The van der Waals surface area contributed by atoms with E-state index in [2.05, 4.69) is 24.1 Å². The van der Waals surface area contributed by atoms with Crippen LogP contribution in [0.5, 0.6) is 0 Å². The summed E-state index contributed by atoms with van der Waals surface area (Å²) in [5, 5.41) is 3.60. The molecule has 76 valence electrons. The first-order valence-electron chi connectivity index (χ1n) is 5.78. The molecule has 0 amide bonds. The van der Waals surface area contributed by atoms with Gasteiger partial charge in [-0.2, -0.15) is 0 Å². The summed E-state index contributed by atoms with van der Waals surface area (Å²) >= 11 is 0. The van der Waals surface area contributed by atoms with Crippen molar-refractivity contribution in [1.29, 1.82) is 0 Å². The molecule has 0 saturated carbocycles. The van der Waals surface area contributed by atoms with Crippen molar-refractivity contribution < 1.29 is 0 Å². The summed E-state index contributed by atoms with van der Waals surface area (Å²) in [7, 11) is 0. The van der Waals surface area contributed by atoms with E-state index >= 15 is 0 Å². The molecule has 2 rings (SSSR count). The van der Waals surface area contributed by atoms with Gasteiger partial charge >= 0.3 is 0 Å². The van der Waals surface area contributed by atoms with E-state index in [1.807, 2.05) is 0 Å². The van der Waals surface area contributed by atoms with Crippen LogP contribution in [0.4, 0.5) is 0 Å². The highest BCUT2D eigenvalue weighted by Gasteiger charge is 2.37. The van der Waals surface area contributed by atoms with Crippen LogP contribution < -0.4 is 5.32 Å².